The van der Waals surface area contributed by atoms with E-state index in [2.05, 4.69) is 5.32 Å². The molecule has 0 radical (unpaired) electrons. The molecule has 6 nitrogen and oxygen atoms in total. The van der Waals surface area contributed by atoms with Crippen LogP contribution in [0.3, 0.4) is 0 Å². The summed E-state index contributed by atoms with van der Waals surface area (Å²) in [5.74, 6) is -0.478. The van der Waals surface area contributed by atoms with E-state index < -0.39 is 11.9 Å². The van der Waals surface area contributed by atoms with Gasteiger partial charge in [0.2, 0.25) is 11.8 Å². The molecule has 0 heterocycles. The molecule has 2 aromatic carbocycles. The maximum Gasteiger partial charge on any atom is 0.240 e. The van der Waals surface area contributed by atoms with Crippen LogP contribution in [0.2, 0.25) is 0 Å². The molecule has 2 aromatic rings. The van der Waals surface area contributed by atoms with Crippen molar-refractivity contribution in [1.29, 1.82) is 0 Å². The Kier molecular flexibility index (Phi) is 6.63. The summed E-state index contributed by atoms with van der Waals surface area (Å²) in [7, 11) is 1.62. The van der Waals surface area contributed by atoms with E-state index in [0.717, 1.165) is 33.8 Å². The number of nitrogens with two attached hydrogens (primary N) is 1. The van der Waals surface area contributed by atoms with Crippen LogP contribution in [0.4, 0.5) is 0 Å². The number of fused-ring (bicyclic) bond motifs is 1. The van der Waals surface area contributed by atoms with Crippen LogP contribution < -0.4 is 15.8 Å². The Hall–Kier alpha value is -2.54. The van der Waals surface area contributed by atoms with Crippen molar-refractivity contribution in [3.8, 4) is 5.75 Å². The zero-order valence-electron chi connectivity index (χ0n) is 14.9. The van der Waals surface area contributed by atoms with Gasteiger partial charge in [-0.2, -0.15) is 0 Å². The Balaban J connectivity index is 2.08. The summed E-state index contributed by atoms with van der Waals surface area (Å²) < 4.78 is 5.21. The molecule has 7 heteroatoms. The summed E-state index contributed by atoms with van der Waals surface area (Å²) in [4.78, 5) is 34.9. The van der Waals surface area contributed by atoms with Gasteiger partial charge in [0, 0.05) is 12.7 Å². The summed E-state index contributed by atoms with van der Waals surface area (Å²) in [6, 6.07) is 10.7. The van der Waals surface area contributed by atoms with Gasteiger partial charge in [0.05, 0.1) is 13.0 Å². The molecule has 0 bridgehead atoms. The fraction of sp³-hybridized carbons (Fsp3) is 0.316. The fourth-order valence-corrected chi connectivity index (χ4v) is 3.47. The molecule has 138 valence electrons. The summed E-state index contributed by atoms with van der Waals surface area (Å²) >= 11 is 0.995. The molecule has 26 heavy (non-hydrogen) atoms. The van der Waals surface area contributed by atoms with Gasteiger partial charge in [-0.3, -0.25) is 14.4 Å². The van der Waals surface area contributed by atoms with E-state index in [1.165, 1.54) is 6.92 Å². The zero-order chi connectivity index (χ0) is 19.3. The minimum absolute atomic E-state index is 0.0885. The van der Waals surface area contributed by atoms with Gasteiger partial charge in [0.25, 0.3) is 0 Å². The first-order valence-electron chi connectivity index (χ1n) is 8.12. The smallest absolute Gasteiger partial charge is 0.240 e. The van der Waals surface area contributed by atoms with Gasteiger partial charge >= 0.3 is 0 Å². The third kappa shape index (κ3) is 4.98. The van der Waals surface area contributed by atoms with Crippen LogP contribution in [0.15, 0.2) is 36.4 Å². The van der Waals surface area contributed by atoms with Crippen molar-refractivity contribution in [3.63, 3.8) is 0 Å². The Bertz CT molecular complexity index is 837. The van der Waals surface area contributed by atoms with E-state index in [4.69, 9.17) is 10.5 Å². The highest BCUT2D eigenvalue weighted by atomic mass is 32.2. The monoisotopic (exact) mass is 374 g/mol. The summed E-state index contributed by atoms with van der Waals surface area (Å²) in [6.07, 6.45) is 0. The molecule has 0 aliphatic carbocycles. The molecular weight excluding hydrogens is 352 g/mol. The highest BCUT2D eigenvalue weighted by Gasteiger charge is 2.22. The third-order valence-electron chi connectivity index (χ3n) is 4.04. The molecule has 2 amide bonds. The van der Waals surface area contributed by atoms with Crippen molar-refractivity contribution in [3.05, 3.63) is 42.0 Å². The Morgan fingerprint density at radius 2 is 1.81 bits per heavy atom. The topological polar surface area (TPSA) is 98.5 Å². The fourth-order valence-electron chi connectivity index (χ4n) is 2.51. The van der Waals surface area contributed by atoms with Crippen molar-refractivity contribution in [2.75, 3.05) is 12.9 Å². The molecule has 0 aliphatic rings. The van der Waals surface area contributed by atoms with Gasteiger partial charge < -0.3 is 15.8 Å². The minimum atomic E-state index is -0.863. The Morgan fingerprint density at radius 1 is 1.15 bits per heavy atom. The molecule has 0 aromatic heterocycles. The zero-order valence-corrected chi connectivity index (χ0v) is 15.8. The number of hydrogen-bond acceptors (Lipinski definition) is 5. The molecule has 2 rings (SSSR count). The predicted octanol–water partition coefficient (Wildman–Crippen LogP) is 2.20. The lowest BCUT2D eigenvalue weighted by Crippen LogP contribution is -2.45. The van der Waals surface area contributed by atoms with Gasteiger partial charge in [-0.1, -0.05) is 43.0 Å². The second kappa shape index (κ2) is 8.71. The van der Waals surface area contributed by atoms with Crippen LogP contribution in [0.5, 0.6) is 5.75 Å². The van der Waals surface area contributed by atoms with Crippen LogP contribution in [-0.4, -0.2) is 35.8 Å². The van der Waals surface area contributed by atoms with E-state index in [-0.39, 0.29) is 22.7 Å². The largest absolute Gasteiger partial charge is 0.497 e. The van der Waals surface area contributed by atoms with Gasteiger partial charge in [0.1, 0.15) is 11.8 Å². The Labute approximate surface area is 156 Å². The highest BCUT2D eigenvalue weighted by molar-refractivity contribution is 8.13. The van der Waals surface area contributed by atoms with E-state index in [1.54, 1.807) is 7.11 Å². The number of methoxy groups -OCH3 is 1. The van der Waals surface area contributed by atoms with Crippen molar-refractivity contribution in [2.24, 2.45) is 5.73 Å². The quantitative estimate of drug-likeness (QED) is 0.774. The van der Waals surface area contributed by atoms with Gasteiger partial charge in [-0.15, -0.1) is 0 Å². The van der Waals surface area contributed by atoms with Crippen LogP contribution in [-0.2, 0) is 14.4 Å². The van der Waals surface area contributed by atoms with E-state index in [9.17, 15) is 14.4 Å². The molecule has 0 spiro atoms. The number of hydrogen-bond donors (Lipinski definition) is 2. The number of carbonyl (C=O) groups is 3. The highest BCUT2D eigenvalue weighted by Crippen LogP contribution is 2.28. The lowest BCUT2D eigenvalue weighted by molar-refractivity contribution is -0.125. The van der Waals surface area contributed by atoms with Crippen LogP contribution in [0.25, 0.3) is 10.8 Å². The van der Waals surface area contributed by atoms with Gasteiger partial charge in [-0.25, -0.2) is 0 Å². The van der Waals surface area contributed by atoms with Crippen molar-refractivity contribution < 1.29 is 19.1 Å². The van der Waals surface area contributed by atoms with Crippen molar-refractivity contribution in [2.45, 2.75) is 25.8 Å². The van der Waals surface area contributed by atoms with E-state index >= 15 is 0 Å². The average Bonchev–Trinajstić information content (AvgIpc) is 2.62. The number of benzene rings is 2. The Morgan fingerprint density at radius 3 is 2.42 bits per heavy atom. The molecule has 0 unspecified atom stereocenters. The molecule has 0 saturated heterocycles. The SMILES string of the molecule is COc1ccc2cc([C@H](C)C(=O)SC[C@@H](NC(C)=O)C(N)=O)ccc2c1. The lowest BCUT2D eigenvalue weighted by atomic mass is 9.99. The summed E-state index contributed by atoms with van der Waals surface area (Å²) in [5.41, 5.74) is 6.14. The van der Waals surface area contributed by atoms with Crippen LogP contribution >= 0.6 is 11.8 Å². The molecular formula is C19H22N2O4S. The normalized spacial score (nSPS) is 13.0. The first-order valence-corrected chi connectivity index (χ1v) is 9.11. The minimum Gasteiger partial charge on any atom is -0.497 e. The third-order valence-corrected chi connectivity index (χ3v) is 5.18. The van der Waals surface area contributed by atoms with Crippen LogP contribution in [0.1, 0.15) is 25.3 Å². The standard InChI is InChI=1S/C19H22N2O4S/c1-11(19(24)26-10-17(18(20)23)21-12(2)22)13-4-5-15-9-16(25-3)7-6-14(15)8-13/h4-9,11,17H,10H2,1-3H3,(H2,20,23)(H,21,22)/t11-,17+/m0/s1. The molecule has 3 N–H and O–H groups in total. The van der Waals surface area contributed by atoms with E-state index in [0.29, 0.717) is 0 Å². The average molecular weight is 374 g/mol. The maximum atomic E-state index is 12.5. The number of nitrogens with one attached hydrogen (secondary N) is 1. The lowest BCUT2D eigenvalue weighted by Gasteiger charge is -2.16. The summed E-state index contributed by atoms with van der Waals surface area (Å²) in [5, 5.41) is 4.40. The van der Waals surface area contributed by atoms with Crippen molar-refractivity contribution in [1.82, 2.24) is 5.32 Å². The molecule has 0 saturated carbocycles. The first-order chi connectivity index (χ1) is 12.3. The van der Waals surface area contributed by atoms with Gasteiger partial charge in [-0.05, 0) is 28.5 Å². The molecule has 0 fully saturated rings. The number of ether oxygens (including phenoxy) is 1. The molecule has 0 aliphatic heterocycles. The van der Waals surface area contributed by atoms with Crippen LogP contribution in [0, 0.1) is 0 Å². The summed E-state index contributed by atoms with van der Waals surface area (Å²) in [6.45, 7) is 3.12. The number of primary amides is 1. The maximum absolute atomic E-state index is 12.5. The first kappa shape index (κ1) is 19.8. The number of thioether (sulfide) groups is 1. The van der Waals surface area contributed by atoms with Gasteiger partial charge in [0.15, 0.2) is 5.12 Å². The second-order valence-corrected chi connectivity index (χ2v) is 7.00. The number of carbonyl (C=O) groups excluding carboxylic acids is 3. The second-order valence-electron chi connectivity index (χ2n) is 5.98. The van der Waals surface area contributed by atoms with Crippen molar-refractivity contribution >= 4 is 39.5 Å². The number of rotatable bonds is 7. The molecule has 2 atom stereocenters. The predicted molar refractivity (Wildman–Crippen MR) is 103 cm³/mol. The van der Waals surface area contributed by atoms with E-state index in [1.807, 2.05) is 43.3 Å². The number of amides is 2.